The van der Waals surface area contributed by atoms with E-state index >= 15 is 0 Å². The monoisotopic (exact) mass is 771 g/mol. The number of rotatable bonds is 6. The predicted molar refractivity (Wildman–Crippen MR) is 251 cm³/mol. The van der Waals surface area contributed by atoms with Crippen molar-refractivity contribution in [1.82, 2.24) is 0 Å². The lowest BCUT2D eigenvalue weighted by molar-refractivity contribution is 0.419. The van der Waals surface area contributed by atoms with Gasteiger partial charge in [-0.25, -0.2) is 0 Å². The summed E-state index contributed by atoms with van der Waals surface area (Å²) >= 11 is 0. The largest absolute Gasteiger partial charge is 0.456 e. The first-order valence-electron chi connectivity index (χ1n) is 21.0. The van der Waals surface area contributed by atoms with Crippen molar-refractivity contribution in [3.05, 3.63) is 222 Å². The number of benzene rings is 9. The molecule has 9 aromatic carbocycles. The standard InChI is InChI=1S/C58H45NO/c1-57(2)50-21-11-10-18-47(50)48-34-29-41(37-53(48)57)38-25-30-42(31-26-38)59(54-36-35-44(39-15-6-5-7-16-39)46-17-8-9-19-49(46)54)43-32-27-40(28-33-43)45-20-14-23-52-56(45)60-55-24-13-12-22-51(55)58(52,3)4/h5-37H,1-4H3. The number of fused-ring (bicyclic) bond motifs is 6. The van der Waals surface area contributed by atoms with E-state index in [0.717, 1.165) is 39.7 Å². The van der Waals surface area contributed by atoms with Crippen LogP contribution in [0.4, 0.5) is 17.1 Å². The zero-order chi connectivity index (χ0) is 40.6. The smallest absolute Gasteiger partial charge is 0.139 e. The Kier molecular flexibility index (Phi) is 8.22. The van der Waals surface area contributed by atoms with Crippen molar-refractivity contribution in [2.75, 3.05) is 4.90 Å². The number of hydrogen-bond donors (Lipinski definition) is 0. The number of para-hydroxylation sites is 2. The molecule has 0 aromatic heterocycles. The minimum atomic E-state index is -0.183. The fourth-order valence-corrected chi connectivity index (χ4v) is 9.95. The zero-order valence-corrected chi connectivity index (χ0v) is 34.4. The topological polar surface area (TPSA) is 12.5 Å². The molecule has 0 atom stereocenters. The Morgan fingerprint density at radius 1 is 0.350 bits per heavy atom. The average Bonchev–Trinajstić information content (AvgIpc) is 3.52. The molecule has 0 saturated carbocycles. The molecule has 9 aromatic rings. The molecular formula is C58H45NO. The summed E-state index contributed by atoms with van der Waals surface area (Å²) in [4.78, 5) is 2.41. The van der Waals surface area contributed by atoms with Crippen LogP contribution in [0.25, 0.3) is 55.3 Å². The van der Waals surface area contributed by atoms with Crippen molar-refractivity contribution >= 4 is 27.8 Å². The molecule has 2 aliphatic rings. The van der Waals surface area contributed by atoms with Gasteiger partial charge in [-0.2, -0.15) is 0 Å². The van der Waals surface area contributed by atoms with Crippen molar-refractivity contribution in [1.29, 1.82) is 0 Å². The van der Waals surface area contributed by atoms with Gasteiger partial charge in [-0.3, -0.25) is 0 Å². The Balaban J connectivity index is 1.02. The van der Waals surface area contributed by atoms with E-state index in [1.165, 1.54) is 66.4 Å². The van der Waals surface area contributed by atoms with Crippen LogP contribution in [0.15, 0.2) is 200 Å². The minimum absolute atomic E-state index is 0.0519. The summed E-state index contributed by atoms with van der Waals surface area (Å²) in [5.74, 6) is 1.86. The summed E-state index contributed by atoms with van der Waals surface area (Å²) in [5, 5.41) is 2.41. The second-order valence-corrected chi connectivity index (χ2v) is 17.3. The second-order valence-electron chi connectivity index (χ2n) is 17.3. The Bertz CT molecular complexity index is 3100. The first-order valence-corrected chi connectivity index (χ1v) is 21.0. The Morgan fingerprint density at radius 2 is 0.883 bits per heavy atom. The SMILES string of the molecule is CC1(C)c2ccccc2-c2ccc(-c3ccc(N(c4ccc(-c5cccc6c5Oc5ccccc5C6(C)C)cc4)c4ccc(-c5ccccc5)c5ccccc45)cc3)cc21. The van der Waals surface area contributed by atoms with Gasteiger partial charge >= 0.3 is 0 Å². The van der Waals surface area contributed by atoms with E-state index in [2.05, 4.69) is 233 Å². The van der Waals surface area contributed by atoms with Crippen molar-refractivity contribution < 1.29 is 4.74 Å². The first-order chi connectivity index (χ1) is 29.3. The van der Waals surface area contributed by atoms with Crippen LogP contribution >= 0.6 is 0 Å². The molecule has 1 aliphatic carbocycles. The van der Waals surface area contributed by atoms with Gasteiger partial charge in [-0.05, 0) is 97.9 Å². The van der Waals surface area contributed by atoms with Gasteiger partial charge < -0.3 is 9.64 Å². The Morgan fingerprint density at radius 3 is 1.65 bits per heavy atom. The summed E-state index contributed by atoms with van der Waals surface area (Å²) in [6.45, 7) is 9.28. The van der Waals surface area contributed by atoms with Crippen LogP contribution in [0.1, 0.15) is 49.9 Å². The maximum atomic E-state index is 6.70. The molecule has 1 heterocycles. The van der Waals surface area contributed by atoms with Crippen molar-refractivity contribution in [3.8, 4) is 56.0 Å². The maximum Gasteiger partial charge on any atom is 0.139 e. The highest BCUT2D eigenvalue weighted by Crippen LogP contribution is 2.52. The highest BCUT2D eigenvalue weighted by atomic mass is 16.5. The van der Waals surface area contributed by atoms with Gasteiger partial charge in [0.25, 0.3) is 0 Å². The van der Waals surface area contributed by atoms with Crippen molar-refractivity contribution in [3.63, 3.8) is 0 Å². The summed E-state index contributed by atoms with van der Waals surface area (Å²) in [6, 6.07) is 73.0. The fourth-order valence-electron chi connectivity index (χ4n) is 9.95. The van der Waals surface area contributed by atoms with E-state index in [4.69, 9.17) is 4.74 Å². The summed E-state index contributed by atoms with van der Waals surface area (Å²) in [7, 11) is 0. The van der Waals surface area contributed by atoms with Gasteiger partial charge in [0.2, 0.25) is 0 Å². The number of hydrogen-bond acceptors (Lipinski definition) is 2. The molecule has 0 N–H and O–H groups in total. The minimum Gasteiger partial charge on any atom is -0.456 e. The van der Waals surface area contributed by atoms with E-state index in [0.29, 0.717) is 0 Å². The van der Waals surface area contributed by atoms with E-state index in [1.54, 1.807) is 0 Å². The Labute approximate surface area is 353 Å². The van der Waals surface area contributed by atoms with Gasteiger partial charge in [-0.1, -0.05) is 185 Å². The summed E-state index contributed by atoms with van der Waals surface area (Å²) in [5.41, 5.74) is 18.0. The van der Waals surface area contributed by atoms with Crippen LogP contribution < -0.4 is 9.64 Å². The van der Waals surface area contributed by atoms with Gasteiger partial charge in [-0.15, -0.1) is 0 Å². The third-order valence-electron chi connectivity index (χ3n) is 13.2. The predicted octanol–water partition coefficient (Wildman–Crippen LogP) is 16.0. The van der Waals surface area contributed by atoms with Crippen LogP contribution in [0.3, 0.4) is 0 Å². The molecule has 11 rings (SSSR count). The Hall–Kier alpha value is -7.16. The van der Waals surface area contributed by atoms with Gasteiger partial charge in [0.05, 0.1) is 5.69 Å². The molecular weight excluding hydrogens is 727 g/mol. The molecule has 0 spiro atoms. The molecule has 0 amide bonds. The molecule has 0 unspecified atom stereocenters. The lowest BCUT2D eigenvalue weighted by Gasteiger charge is -2.35. The fraction of sp³-hybridized carbons (Fsp3) is 0.103. The molecule has 2 nitrogen and oxygen atoms in total. The first kappa shape index (κ1) is 36.0. The lowest BCUT2D eigenvalue weighted by Crippen LogP contribution is -2.24. The summed E-state index contributed by atoms with van der Waals surface area (Å²) < 4.78 is 6.70. The van der Waals surface area contributed by atoms with Crippen LogP contribution in [0.5, 0.6) is 11.5 Å². The average molecular weight is 772 g/mol. The molecule has 0 radical (unpaired) electrons. The maximum absolute atomic E-state index is 6.70. The van der Waals surface area contributed by atoms with E-state index in [9.17, 15) is 0 Å². The van der Waals surface area contributed by atoms with E-state index < -0.39 is 0 Å². The molecule has 288 valence electrons. The molecule has 0 fully saturated rings. The molecule has 0 bridgehead atoms. The highest BCUT2D eigenvalue weighted by Gasteiger charge is 2.36. The molecule has 2 heteroatoms. The molecule has 0 saturated heterocycles. The number of ether oxygens (including phenoxy) is 1. The van der Waals surface area contributed by atoms with Crippen molar-refractivity contribution in [2.45, 2.75) is 38.5 Å². The molecule has 1 aliphatic heterocycles. The second kappa shape index (κ2) is 13.7. The number of nitrogens with zero attached hydrogens (tertiary/aromatic N) is 1. The summed E-state index contributed by atoms with van der Waals surface area (Å²) in [6.07, 6.45) is 0. The van der Waals surface area contributed by atoms with Crippen LogP contribution in [-0.4, -0.2) is 0 Å². The lowest BCUT2D eigenvalue weighted by atomic mass is 9.75. The van der Waals surface area contributed by atoms with Crippen LogP contribution in [-0.2, 0) is 10.8 Å². The third kappa shape index (κ3) is 5.62. The zero-order valence-electron chi connectivity index (χ0n) is 34.4. The third-order valence-corrected chi connectivity index (χ3v) is 13.2. The quantitative estimate of drug-likeness (QED) is 0.167. The molecule has 60 heavy (non-hydrogen) atoms. The van der Waals surface area contributed by atoms with E-state index in [1.807, 2.05) is 0 Å². The van der Waals surface area contributed by atoms with Crippen molar-refractivity contribution in [2.24, 2.45) is 0 Å². The highest BCUT2D eigenvalue weighted by molar-refractivity contribution is 6.06. The van der Waals surface area contributed by atoms with Crippen LogP contribution in [0.2, 0.25) is 0 Å². The normalized spacial score (nSPS) is 14.1. The van der Waals surface area contributed by atoms with E-state index in [-0.39, 0.29) is 10.8 Å². The number of anilines is 3. The van der Waals surface area contributed by atoms with Gasteiger partial charge in [0.15, 0.2) is 0 Å². The van der Waals surface area contributed by atoms with Crippen LogP contribution in [0, 0.1) is 0 Å². The van der Waals surface area contributed by atoms with Gasteiger partial charge in [0, 0.05) is 44.3 Å². The van der Waals surface area contributed by atoms with Gasteiger partial charge in [0.1, 0.15) is 11.5 Å².